The van der Waals surface area contributed by atoms with Crippen molar-refractivity contribution in [3.63, 3.8) is 0 Å². The van der Waals surface area contributed by atoms with Gasteiger partial charge in [-0.05, 0) is 31.2 Å². The summed E-state index contributed by atoms with van der Waals surface area (Å²) in [5.74, 6) is 0. The quantitative estimate of drug-likeness (QED) is 0.785. The normalized spacial score (nSPS) is 33.2. The molecule has 1 saturated heterocycles. The molecule has 14 heavy (non-hydrogen) atoms. The molecule has 0 aromatic carbocycles. The van der Waals surface area contributed by atoms with Crippen molar-refractivity contribution in [3.05, 3.63) is 21.3 Å². The number of rotatable bonds is 1. The van der Waals surface area contributed by atoms with Gasteiger partial charge in [0.05, 0.1) is 4.34 Å². The van der Waals surface area contributed by atoms with Gasteiger partial charge in [-0.1, -0.05) is 11.6 Å². The first-order valence-corrected chi connectivity index (χ1v) is 6.03. The maximum absolute atomic E-state index is 14.4. The molecule has 1 aliphatic rings. The molecule has 0 spiro atoms. The minimum Gasteiger partial charge on any atom is -0.311 e. The highest BCUT2D eigenvalue weighted by Crippen LogP contribution is 2.40. The van der Waals surface area contributed by atoms with Crippen molar-refractivity contribution >= 4 is 22.9 Å². The molecule has 2 heterocycles. The average molecular weight is 234 g/mol. The molecule has 1 nitrogen and oxygen atoms in total. The standard InChI is InChI=1S/C10H13ClFNS/c1-7-2-4-10(12,6-13-7)8-3-5-14-9(8)11/h3,5,7,13H,2,4,6H2,1H3. The lowest BCUT2D eigenvalue weighted by molar-refractivity contribution is 0.107. The Balaban J connectivity index is 2.21. The van der Waals surface area contributed by atoms with Crippen LogP contribution in [0.4, 0.5) is 4.39 Å². The summed E-state index contributed by atoms with van der Waals surface area (Å²) in [7, 11) is 0. The van der Waals surface area contributed by atoms with Crippen molar-refractivity contribution in [2.75, 3.05) is 6.54 Å². The largest absolute Gasteiger partial charge is 0.311 e. The Morgan fingerprint density at radius 1 is 1.71 bits per heavy atom. The minimum atomic E-state index is -1.26. The van der Waals surface area contributed by atoms with Crippen molar-refractivity contribution < 1.29 is 4.39 Å². The van der Waals surface area contributed by atoms with Crippen molar-refractivity contribution in [1.82, 2.24) is 5.32 Å². The predicted octanol–water partition coefficient (Wildman–Crippen LogP) is 3.34. The molecule has 0 amide bonds. The van der Waals surface area contributed by atoms with Gasteiger partial charge in [-0.25, -0.2) is 4.39 Å². The number of piperidine rings is 1. The number of alkyl halides is 1. The van der Waals surface area contributed by atoms with E-state index in [0.717, 1.165) is 6.42 Å². The fraction of sp³-hybridized carbons (Fsp3) is 0.600. The first-order valence-electron chi connectivity index (χ1n) is 4.77. The molecule has 2 rings (SSSR count). The molecule has 2 atom stereocenters. The van der Waals surface area contributed by atoms with E-state index < -0.39 is 5.67 Å². The van der Waals surface area contributed by atoms with Gasteiger partial charge in [0.1, 0.15) is 0 Å². The molecule has 0 radical (unpaired) electrons. The summed E-state index contributed by atoms with van der Waals surface area (Å²) in [6, 6.07) is 2.21. The molecule has 1 aliphatic heterocycles. The van der Waals surface area contributed by atoms with Crippen LogP contribution in [-0.2, 0) is 5.67 Å². The lowest BCUT2D eigenvalue weighted by Crippen LogP contribution is -2.44. The molecule has 4 heteroatoms. The highest BCUT2D eigenvalue weighted by atomic mass is 35.5. The fourth-order valence-electron chi connectivity index (χ4n) is 1.82. The molecule has 2 unspecified atom stereocenters. The summed E-state index contributed by atoms with van der Waals surface area (Å²) in [4.78, 5) is 0. The topological polar surface area (TPSA) is 12.0 Å². The van der Waals surface area contributed by atoms with Crippen molar-refractivity contribution in [3.8, 4) is 0 Å². The smallest absolute Gasteiger partial charge is 0.150 e. The van der Waals surface area contributed by atoms with Gasteiger partial charge in [-0.3, -0.25) is 0 Å². The van der Waals surface area contributed by atoms with Gasteiger partial charge in [0.25, 0.3) is 0 Å². The van der Waals surface area contributed by atoms with Crippen LogP contribution in [-0.4, -0.2) is 12.6 Å². The van der Waals surface area contributed by atoms with Crippen molar-refractivity contribution in [1.29, 1.82) is 0 Å². The first kappa shape index (κ1) is 10.4. The molecule has 0 saturated carbocycles. The molecular formula is C10H13ClFNS. The third-order valence-electron chi connectivity index (χ3n) is 2.81. The lowest BCUT2D eigenvalue weighted by Gasteiger charge is -2.33. The zero-order valence-electron chi connectivity index (χ0n) is 8.02. The van der Waals surface area contributed by atoms with Gasteiger partial charge in [0.2, 0.25) is 0 Å². The van der Waals surface area contributed by atoms with Crippen LogP contribution in [0.2, 0.25) is 4.34 Å². The minimum absolute atomic E-state index is 0.380. The second-order valence-corrected chi connectivity index (χ2v) is 5.41. The maximum Gasteiger partial charge on any atom is 0.150 e. The van der Waals surface area contributed by atoms with E-state index in [0.29, 0.717) is 28.9 Å². The van der Waals surface area contributed by atoms with Crippen LogP contribution in [0.1, 0.15) is 25.3 Å². The summed E-state index contributed by atoms with van der Waals surface area (Å²) in [6.07, 6.45) is 1.43. The highest BCUT2D eigenvalue weighted by Gasteiger charge is 2.37. The molecule has 1 fully saturated rings. The summed E-state index contributed by atoms with van der Waals surface area (Å²) >= 11 is 7.34. The summed E-state index contributed by atoms with van der Waals surface area (Å²) in [5.41, 5.74) is -0.604. The van der Waals surface area contributed by atoms with E-state index in [1.807, 2.05) is 5.38 Å². The summed E-state index contributed by atoms with van der Waals surface area (Å²) in [5, 5.41) is 5.00. The van der Waals surface area contributed by atoms with Crippen LogP contribution < -0.4 is 5.32 Å². The van der Waals surface area contributed by atoms with Crippen LogP contribution in [0.3, 0.4) is 0 Å². The molecule has 0 bridgehead atoms. The molecule has 1 aromatic heterocycles. The second-order valence-electron chi connectivity index (χ2n) is 3.89. The number of thiophene rings is 1. The fourth-order valence-corrected chi connectivity index (χ4v) is 2.91. The van der Waals surface area contributed by atoms with Crippen molar-refractivity contribution in [2.45, 2.75) is 31.5 Å². The Bertz CT molecular complexity index is 318. The Morgan fingerprint density at radius 2 is 2.50 bits per heavy atom. The summed E-state index contributed by atoms with van der Waals surface area (Å²) < 4.78 is 15.0. The van der Waals surface area contributed by atoms with Gasteiger partial charge < -0.3 is 5.32 Å². The number of halogens is 2. The number of nitrogens with one attached hydrogen (secondary N) is 1. The first-order chi connectivity index (χ1) is 6.62. The van der Waals surface area contributed by atoms with Gasteiger partial charge in [-0.2, -0.15) is 0 Å². The summed E-state index contributed by atoms with van der Waals surface area (Å²) in [6.45, 7) is 2.46. The number of hydrogen-bond donors (Lipinski definition) is 1. The Hall–Kier alpha value is -0.120. The van der Waals surface area contributed by atoms with E-state index >= 15 is 0 Å². The van der Waals surface area contributed by atoms with E-state index in [2.05, 4.69) is 12.2 Å². The third kappa shape index (κ3) is 1.81. The van der Waals surface area contributed by atoms with Gasteiger partial charge in [0, 0.05) is 18.2 Å². The van der Waals surface area contributed by atoms with Gasteiger partial charge in [-0.15, -0.1) is 11.3 Å². The Labute approximate surface area is 92.3 Å². The molecule has 1 aromatic rings. The highest BCUT2D eigenvalue weighted by molar-refractivity contribution is 7.14. The van der Waals surface area contributed by atoms with Crippen LogP contribution in [0.5, 0.6) is 0 Å². The average Bonchev–Trinajstić information content (AvgIpc) is 2.58. The maximum atomic E-state index is 14.4. The van der Waals surface area contributed by atoms with Gasteiger partial charge >= 0.3 is 0 Å². The van der Waals surface area contributed by atoms with Crippen LogP contribution in [0.15, 0.2) is 11.4 Å². The van der Waals surface area contributed by atoms with Crippen LogP contribution >= 0.6 is 22.9 Å². The van der Waals surface area contributed by atoms with E-state index in [-0.39, 0.29) is 0 Å². The SMILES string of the molecule is CC1CCC(F)(c2ccsc2Cl)CN1. The van der Waals surface area contributed by atoms with E-state index in [9.17, 15) is 4.39 Å². The Kier molecular flexibility index (Phi) is 2.82. The second kappa shape index (κ2) is 3.80. The molecule has 78 valence electrons. The van der Waals surface area contributed by atoms with E-state index in [4.69, 9.17) is 11.6 Å². The monoisotopic (exact) mass is 233 g/mol. The number of hydrogen-bond acceptors (Lipinski definition) is 2. The van der Waals surface area contributed by atoms with E-state index in [1.165, 1.54) is 11.3 Å². The van der Waals surface area contributed by atoms with Crippen LogP contribution in [0, 0.1) is 0 Å². The van der Waals surface area contributed by atoms with Crippen LogP contribution in [0.25, 0.3) is 0 Å². The predicted molar refractivity (Wildman–Crippen MR) is 58.8 cm³/mol. The van der Waals surface area contributed by atoms with Gasteiger partial charge in [0.15, 0.2) is 5.67 Å². The van der Waals surface area contributed by atoms with Crippen molar-refractivity contribution in [2.24, 2.45) is 0 Å². The zero-order valence-corrected chi connectivity index (χ0v) is 9.59. The molecular weight excluding hydrogens is 221 g/mol. The Morgan fingerprint density at radius 3 is 3.00 bits per heavy atom. The molecule has 0 aliphatic carbocycles. The lowest BCUT2D eigenvalue weighted by atomic mass is 9.88. The van der Waals surface area contributed by atoms with E-state index in [1.54, 1.807) is 6.07 Å². The molecule has 1 N–H and O–H groups in total. The third-order valence-corrected chi connectivity index (χ3v) is 3.97. The zero-order chi connectivity index (χ0) is 10.2.